The molecule has 104 valence electrons. The lowest BCUT2D eigenvalue weighted by Crippen LogP contribution is -2.00. The van der Waals surface area contributed by atoms with Gasteiger partial charge in [0.2, 0.25) is 0 Å². The van der Waals surface area contributed by atoms with Crippen molar-refractivity contribution in [3.05, 3.63) is 59.2 Å². The minimum atomic E-state index is 0.154. The van der Waals surface area contributed by atoms with Crippen molar-refractivity contribution in [3.8, 4) is 11.1 Å². The van der Waals surface area contributed by atoms with Crippen molar-refractivity contribution in [1.82, 2.24) is 0 Å². The molecule has 1 heteroatoms. The number of carbonyl (C=O) groups is 1. The Bertz CT molecular complexity index is 594. The molecule has 0 atom stereocenters. The van der Waals surface area contributed by atoms with Gasteiger partial charge in [0.25, 0.3) is 0 Å². The molecule has 0 radical (unpaired) electrons. The molecule has 0 heterocycles. The van der Waals surface area contributed by atoms with Gasteiger partial charge in [0, 0.05) is 5.56 Å². The lowest BCUT2D eigenvalue weighted by atomic mass is 9.94. The molecule has 0 N–H and O–H groups in total. The fourth-order valence-electron chi connectivity index (χ4n) is 2.53. The van der Waals surface area contributed by atoms with Crippen molar-refractivity contribution in [3.63, 3.8) is 0 Å². The molecule has 2 rings (SSSR count). The first-order chi connectivity index (χ1) is 9.65. The number of benzene rings is 2. The zero-order valence-electron chi connectivity index (χ0n) is 12.6. The minimum absolute atomic E-state index is 0.154. The Labute approximate surface area is 121 Å². The van der Waals surface area contributed by atoms with E-state index in [9.17, 15) is 4.79 Å². The Hall–Kier alpha value is -1.89. The molecule has 2 aromatic carbocycles. The van der Waals surface area contributed by atoms with Gasteiger partial charge in [-0.3, -0.25) is 4.79 Å². The SMILES string of the molecule is CCCc1cc(-c2ccc(CC)cc2)ccc1C(C)=O. The Morgan fingerprint density at radius 1 is 0.950 bits per heavy atom. The molecule has 0 saturated carbocycles. The van der Waals surface area contributed by atoms with Crippen LogP contribution in [0.15, 0.2) is 42.5 Å². The van der Waals surface area contributed by atoms with E-state index >= 15 is 0 Å². The number of rotatable bonds is 5. The van der Waals surface area contributed by atoms with Gasteiger partial charge in [0.1, 0.15) is 0 Å². The van der Waals surface area contributed by atoms with Gasteiger partial charge in [-0.15, -0.1) is 0 Å². The summed E-state index contributed by atoms with van der Waals surface area (Å²) >= 11 is 0. The molecule has 0 aliphatic carbocycles. The summed E-state index contributed by atoms with van der Waals surface area (Å²) in [6.07, 6.45) is 3.07. The monoisotopic (exact) mass is 266 g/mol. The first kappa shape index (κ1) is 14.5. The molecule has 20 heavy (non-hydrogen) atoms. The summed E-state index contributed by atoms with van der Waals surface area (Å²) < 4.78 is 0. The molecule has 1 nitrogen and oxygen atoms in total. The van der Waals surface area contributed by atoms with Crippen molar-refractivity contribution in [1.29, 1.82) is 0 Å². The largest absolute Gasteiger partial charge is 0.295 e. The summed E-state index contributed by atoms with van der Waals surface area (Å²) in [5.41, 5.74) is 5.79. The molecule has 0 bridgehead atoms. The number of carbonyl (C=O) groups excluding carboxylic acids is 1. The van der Waals surface area contributed by atoms with Gasteiger partial charge >= 0.3 is 0 Å². The Kier molecular flexibility index (Phi) is 4.73. The highest BCUT2D eigenvalue weighted by atomic mass is 16.1. The lowest BCUT2D eigenvalue weighted by molar-refractivity contribution is 0.101. The van der Waals surface area contributed by atoms with Crippen LogP contribution in [-0.4, -0.2) is 5.78 Å². The average molecular weight is 266 g/mol. The van der Waals surface area contributed by atoms with Gasteiger partial charge in [-0.25, -0.2) is 0 Å². The third-order valence-electron chi connectivity index (χ3n) is 3.70. The summed E-state index contributed by atoms with van der Waals surface area (Å²) in [4.78, 5) is 11.7. The lowest BCUT2D eigenvalue weighted by Gasteiger charge is -2.10. The second-order valence-electron chi connectivity index (χ2n) is 5.23. The van der Waals surface area contributed by atoms with E-state index in [1.165, 1.54) is 16.7 Å². The summed E-state index contributed by atoms with van der Waals surface area (Å²) in [5.74, 6) is 0.154. The molecular weight excluding hydrogens is 244 g/mol. The Morgan fingerprint density at radius 3 is 2.15 bits per heavy atom. The van der Waals surface area contributed by atoms with E-state index in [4.69, 9.17) is 0 Å². The predicted molar refractivity (Wildman–Crippen MR) is 85.3 cm³/mol. The topological polar surface area (TPSA) is 17.1 Å². The number of Topliss-reactive ketones (excluding diaryl/α,β-unsaturated/α-hetero) is 1. The minimum Gasteiger partial charge on any atom is -0.295 e. The smallest absolute Gasteiger partial charge is 0.160 e. The van der Waals surface area contributed by atoms with Gasteiger partial charge in [-0.1, -0.05) is 62.7 Å². The van der Waals surface area contributed by atoms with E-state index in [1.54, 1.807) is 6.92 Å². The molecule has 0 aliphatic heterocycles. The van der Waals surface area contributed by atoms with E-state index in [-0.39, 0.29) is 5.78 Å². The molecule has 0 spiro atoms. The Balaban J connectivity index is 2.41. The van der Waals surface area contributed by atoms with Gasteiger partial charge in [-0.2, -0.15) is 0 Å². The first-order valence-electron chi connectivity index (χ1n) is 7.38. The third-order valence-corrected chi connectivity index (χ3v) is 3.70. The van der Waals surface area contributed by atoms with Crippen molar-refractivity contribution in [2.75, 3.05) is 0 Å². The van der Waals surface area contributed by atoms with Crippen LogP contribution in [0.25, 0.3) is 11.1 Å². The molecule has 0 saturated heterocycles. The fourth-order valence-corrected chi connectivity index (χ4v) is 2.53. The maximum absolute atomic E-state index is 11.7. The number of hydrogen-bond donors (Lipinski definition) is 0. The highest BCUT2D eigenvalue weighted by molar-refractivity contribution is 5.96. The van der Waals surface area contributed by atoms with Crippen molar-refractivity contribution < 1.29 is 4.79 Å². The van der Waals surface area contributed by atoms with Gasteiger partial charge in [0.05, 0.1) is 0 Å². The van der Waals surface area contributed by atoms with Gasteiger partial charge in [0.15, 0.2) is 5.78 Å². The van der Waals surface area contributed by atoms with E-state index in [0.29, 0.717) is 0 Å². The standard InChI is InChI=1S/C19H22O/c1-4-6-18-13-17(11-12-19(18)14(3)20)16-9-7-15(5-2)8-10-16/h7-13H,4-6H2,1-3H3. The maximum Gasteiger partial charge on any atom is 0.160 e. The molecule has 0 aliphatic rings. The third kappa shape index (κ3) is 3.16. The van der Waals surface area contributed by atoms with Crippen LogP contribution >= 0.6 is 0 Å². The molecule has 2 aromatic rings. The number of aryl methyl sites for hydroxylation is 2. The fraction of sp³-hybridized carbons (Fsp3) is 0.316. The summed E-state index contributed by atoms with van der Waals surface area (Å²) in [6, 6.07) is 14.9. The van der Waals surface area contributed by atoms with Crippen LogP contribution in [0.1, 0.15) is 48.7 Å². The van der Waals surface area contributed by atoms with Crippen LogP contribution in [0, 0.1) is 0 Å². The van der Waals surface area contributed by atoms with Crippen molar-refractivity contribution >= 4 is 5.78 Å². The average Bonchev–Trinajstić information content (AvgIpc) is 2.47. The van der Waals surface area contributed by atoms with Gasteiger partial charge in [-0.05, 0) is 42.0 Å². The van der Waals surface area contributed by atoms with Crippen LogP contribution in [-0.2, 0) is 12.8 Å². The van der Waals surface area contributed by atoms with E-state index in [1.807, 2.05) is 6.07 Å². The van der Waals surface area contributed by atoms with Gasteiger partial charge < -0.3 is 0 Å². The first-order valence-corrected chi connectivity index (χ1v) is 7.38. The maximum atomic E-state index is 11.7. The van der Waals surface area contributed by atoms with Crippen LogP contribution in [0.5, 0.6) is 0 Å². The van der Waals surface area contributed by atoms with Crippen LogP contribution in [0.3, 0.4) is 0 Å². The zero-order valence-corrected chi connectivity index (χ0v) is 12.6. The normalized spacial score (nSPS) is 10.6. The van der Waals surface area contributed by atoms with E-state index in [0.717, 1.165) is 30.4 Å². The molecule has 0 aromatic heterocycles. The second kappa shape index (κ2) is 6.51. The predicted octanol–water partition coefficient (Wildman–Crippen LogP) is 5.07. The van der Waals surface area contributed by atoms with Crippen LogP contribution in [0.4, 0.5) is 0 Å². The summed E-state index contributed by atoms with van der Waals surface area (Å²) in [6.45, 7) is 5.95. The quantitative estimate of drug-likeness (QED) is 0.690. The number of ketones is 1. The molecule has 0 amide bonds. The molecule has 0 fully saturated rings. The molecule has 0 unspecified atom stereocenters. The van der Waals surface area contributed by atoms with Crippen LogP contribution < -0.4 is 0 Å². The van der Waals surface area contributed by atoms with Crippen molar-refractivity contribution in [2.45, 2.75) is 40.0 Å². The highest BCUT2D eigenvalue weighted by Crippen LogP contribution is 2.24. The van der Waals surface area contributed by atoms with Crippen molar-refractivity contribution in [2.24, 2.45) is 0 Å². The van der Waals surface area contributed by atoms with Crippen LogP contribution in [0.2, 0.25) is 0 Å². The Morgan fingerprint density at radius 2 is 1.60 bits per heavy atom. The molecular formula is C19H22O. The summed E-state index contributed by atoms with van der Waals surface area (Å²) in [7, 11) is 0. The number of hydrogen-bond acceptors (Lipinski definition) is 1. The summed E-state index contributed by atoms with van der Waals surface area (Å²) in [5, 5.41) is 0. The zero-order chi connectivity index (χ0) is 14.5. The second-order valence-corrected chi connectivity index (χ2v) is 5.23. The van der Waals surface area contributed by atoms with E-state index in [2.05, 4.69) is 50.2 Å². The van der Waals surface area contributed by atoms with E-state index < -0.39 is 0 Å². The highest BCUT2D eigenvalue weighted by Gasteiger charge is 2.08.